The molecule has 2 heterocycles. The Morgan fingerprint density at radius 3 is 3.05 bits per heavy atom. The van der Waals surface area contributed by atoms with Gasteiger partial charge < -0.3 is 10.2 Å². The highest BCUT2D eigenvalue weighted by molar-refractivity contribution is 9.11. The van der Waals surface area contributed by atoms with Gasteiger partial charge in [-0.15, -0.1) is 11.3 Å². The minimum Gasteiger partial charge on any atom is -0.337 e. The van der Waals surface area contributed by atoms with E-state index in [2.05, 4.69) is 28.2 Å². The molecule has 1 aromatic heterocycles. The molecule has 106 valence electrons. The fourth-order valence-electron chi connectivity index (χ4n) is 2.41. The second kappa shape index (κ2) is 7.41. The number of thiophene rings is 1. The zero-order valence-electron chi connectivity index (χ0n) is 11.3. The van der Waals surface area contributed by atoms with E-state index in [0.29, 0.717) is 6.04 Å². The van der Waals surface area contributed by atoms with Gasteiger partial charge in [0.25, 0.3) is 5.91 Å². The zero-order valence-corrected chi connectivity index (χ0v) is 13.7. The van der Waals surface area contributed by atoms with Crippen molar-refractivity contribution in [3.8, 4) is 0 Å². The molecule has 2 rings (SSSR count). The van der Waals surface area contributed by atoms with E-state index in [9.17, 15) is 4.79 Å². The van der Waals surface area contributed by atoms with Crippen molar-refractivity contribution in [3.63, 3.8) is 0 Å². The lowest BCUT2D eigenvalue weighted by Gasteiger charge is -2.25. The Bertz CT molecular complexity index is 415. The first kappa shape index (κ1) is 15.0. The number of rotatable bonds is 6. The molecule has 1 aliphatic rings. The number of amides is 1. The molecular weight excluding hydrogens is 324 g/mol. The second-order valence-electron chi connectivity index (χ2n) is 5.04. The highest BCUT2D eigenvalue weighted by Crippen LogP contribution is 2.22. The van der Waals surface area contributed by atoms with E-state index in [1.54, 1.807) is 11.3 Å². The molecule has 0 spiro atoms. The molecule has 1 N–H and O–H groups in total. The summed E-state index contributed by atoms with van der Waals surface area (Å²) in [7, 11) is 0. The molecular formula is C14H21BrN2OS. The van der Waals surface area contributed by atoms with Crippen LogP contribution in [0.25, 0.3) is 0 Å². The molecule has 0 aromatic carbocycles. The van der Waals surface area contributed by atoms with Crippen LogP contribution in [0.15, 0.2) is 15.2 Å². The molecule has 0 bridgehead atoms. The standard InChI is InChI=1S/C14H21BrN2OS/c1-2-3-7-17(9-12-5-4-6-16-12)14(18)11-8-13(15)19-10-11/h8,10,12,16H,2-7,9H2,1H3. The number of carbonyl (C=O) groups is 1. The first-order valence-corrected chi connectivity index (χ1v) is 8.64. The Labute approximate surface area is 127 Å². The molecule has 19 heavy (non-hydrogen) atoms. The van der Waals surface area contributed by atoms with E-state index in [4.69, 9.17) is 0 Å². The van der Waals surface area contributed by atoms with Crippen molar-refractivity contribution in [1.29, 1.82) is 0 Å². The Hall–Kier alpha value is -0.390. The number of hydrogen-bond acceptors (Lipinski definition) is 3. The normalized spacial score (nSPS) is 18.7. The van der Waals surface area contributed by atoms with E-state index in [1.165, 1.54) is 12.8 Å². The van der Waals surface area contributed by atoms with Crippen LogP contribution in [0.3, 0.4) is 0 Å². The van der Waals surface area contributed by atoms with E-state index in [1.807, 2.05) is 16.3 Å². The zero-order chi connectivity index (χ0) is 13.7. The molecule has 3 nitrogen and oxygen atoms in total. The van der Waals surface area contributed by atoms with Gasteiger partial charge in [-0.3, -0.25) is 4.79 Å². The monoisotopic (exact) mass is 344 g/mol. The minimum atomic E-state index is 0.170. The summed E-state index contributed by atoms with van der Waals surface area (Å²) in [6.07, 6.45) is 4.60. The van der Waals surface area contributed by atoms with Crippen molar-refractivity contribution in [1.82, 2.24) is 10.2 Å². The lowest BCUT2D eigenvalue weighted by molar-refractivity contribution is 0.0740. The van der Waals surface area contributed by atoms with Gasteiger partial charge in [-0.2, -0.15) is 0 Å². The summed E-state index contributed by atoms with van der Waals surface area (Å²) in [4.78, 5) is 14.6. The Morgan fingerprint density at radius 2 is 2.47 bits per heavy atom. The number of nitrogens with one attached hydrogen (secondary N) is 1. The average Bonchev–Trinajstić information content (AvgIpc) is 3.05. The largest absolute Gasteiger partial charge is 0.337 e. The number of halogens is 1. The van der Waals surface area contributed by atoms with Gasteiger partial charge in [0, 0.05) is 24.5 Å². The van der Waals surface area contributed by atoms with Crippen LogP contribution in [-0.2, 0) is 0 Å². The summed E-state index contributed by atoms with van der Waals surface area (Å²) in [6, 6.07) is 2.40. The molecule has 1 unspecified atom stereocenters. The van der Waals surface area contributed by atoms with Crippen molar-refractivity contribution in [2.45, 2.75) is 38.6 Å². The second-order valence-corrected chi connectivity index (χ2v) is 7.33. The maximum Gasteiger partial charge on any atom is 0.254 e. The van der Waals surface area contributed by atoms with Crippen molar-refractivity contribution in [3.05, 3.63) is 20.8 Å². The third-order valence-electron chi connectivity index (χ3n) is 3.49. The molecule has 5 heteroatoms. The van der Waals surface area contributed by atoms with Crippen molar-refractivity contribution in [2.75, 3.05) is 19.6 Å². The minimum absolute atomic E-state index is 0.170. The van der Waals surface area contributed by atoms with E-state index < -0.39 is 0 Å². The van der Waals surface area contributed by atoms with Gasteiger partial charge in [0.2, 0.25) is 0 Å². The van der Waals surface area contributed by atoms with Crippen LogP contribution in [0.1, 0.15) is 43.0 Å². The van der Waals surface area contributed by atoms with E-state index >= 15 is 0 Å². The molecule has 1 atom stereocenters. The van der Waals surface area contributed by atoms with Gasteiger partial charge in [-0.1, -0.05) is 13.3 Å². The quantitative estimate of drug-likeness (QED) is 0.856. The Balaban J connectivity index is 2.00. The fourth-order valence-corrected chi connectivity index (χ4v) is 3.54. The highest BCUT2D eigenvalue weighted by atomic mass is 79.9. The van der Waals surface area contributed by atoms with Gasteiger partial charge in [-0.05, 0) is 47.8 Å². The number of nitrogens with zero attached hydrogens (tertiary/aromatic N) is 1. The highest BCUT2D eigenvalue weighted by Gasteiger charge is 2.22. The average molecular weight is 345 g/mol. The van der Waals surface area contributed by atoms with E-state index in [0.717, 1.165) is 41.8 Å². The molecule has 0 aliphatic carbocycles. The topological polar surface area (TPSA) is 32.3 Å². The molecule has 0 saturated carbocycles. The number of carbonyl (C=O) groups excluding carboxylic acids is 1. The van der Waals surface area contributed by atoms with Crippen molar-refractivity contribution >= 4 is 33.2 Å². The molecule has 1 aromatic rings. The Kier molecular flexibility index (Phi) is 5.85. The van der Waals surface area contributed by atoms with Crippen LogP contribution in [0, 0.1) is 0 Å². The summed E-state index contributed by atoms with van der Waals surface area (Å²) >= 11 is 5.00. The molecule has 1 amide bonds. The van der Waals surface area contributed by atoms with Crippen molar-refractivity contribution < 1.29 is 4.79 Å². The van der Waals surface area contributed by atoms with Gasteiger partial charge >= 0.3 is 0 Å². The third kappa shape index (κ3) is 4.29. The Morgan fingerprint density at radius 1 is 1.63 bits per heavy atom. The first-order chi connectivity index (χ1) is 9.20. The lowest BCUT2D eigenvalue weighted by atomic mass is 10.2. The summed E-state index contributed by atoms with van der Waals surface area (Å²) in [5.74, 6) is 0.170. The first-order valence-electron chi connectivity index (χ1n) is 6.97. The SMILES string of the molecule is CCCCN(CC1CCCN1)C(=O)c1csc(Br)c1. The predicted octanol–water partition coefficient (Wildman–Crippen LogP) is 3.50. The van der Waals surface area contributed by atoms with Gasteiger partial charge in [0.1, 0.15) is 0 Å². The predicted molar refractivity (Wildman–Crippen MR) is 83.9 cm³/mol. The third-order valence-corrected chi connectivity index (χ3v) is 4.99. The molecule has 1 fully saturated rings. The number of unbranched alkanes of at least 4 members (excludes halogenated alkanes) is 1. The van der Waals surface area contributed by atoms with Crippen LogP contribution >= 0.6 is 27.3 Å². The summed E-state index contributed by atoms with van der Waals surface area (Å²) in [5.41, 5.74) is 0.811. The fraction of sp³-hybridized carbons (Fsp3) is 0.643. The summed E-state index contributed by atoms with van der Waals surface area (Å²) < 4.78 is 1.02. The number of hydrogen-bond donors (Lipinski definition) is 1. The maximum atomic E-state index is 12.5. The van der Waals surface area contributed by atoms with Gasteiger partial charge in [0.05, 0.1) is 9.35 Å². The van der Waals surface area contributed by atoms with Crippen LogP contribution < -0.4 is 5.32 Å². The summed E-state index contributed by atoms with van der Waals surface area (Å²) in [6.45, 7) is 4.95. The van der Waals surface area contributed by atoms with Crippen LogP contribution in [0.2, 0.25) is 0 Å². The lowest BCUT2D eigenvalue weighted by Crippen LogP contribution is -2.41. The van der Waals surface area contributed by atoms with Crippen LogP contribution in [-0.4, -0.2) is 36.5 Å². The van der Waals surface area contributed by atoms with E-state index in [-0.39, 0.29) is 5.91 Å². The van der Waals surface area contributed by atoms with Crippen LogP contribution in [0.4, 0.5) is 0 Å². The smallest absolute Gasteiger partial charge is 0.254 e. The van der Waals surface area contributed by atoms with Crippen molar-refractivity contribution in [2.24, 2.45) is 0 Å². The summed E-state index contributed by atoms with van der Waals surface area (Å²) in [5, 5.41) is 5.41. The molecule has 1 aliphatic heterocycles. The molecule has 0 radical (unpaired) electrons. The maximum absolute atomic E-state index is 12.5. The molecule has 1 saturated heterocycles. The van der Waals surface area contributed by atoms with Gasteiger partial charge in [0.15, 0.2) is 0 Å². The van der Waals surface area contributed by atoms with Crippen LogP contribution in [0.5, 0.6) is 0 Å². The van der Waals surface area contributed by atoms with Gasteiger partial charge in [-0.25, -0.2) is 0 Å².